The Kier molecular flexibility index (Phi) is 5.38. The Morgan fingerprint density at radius 2 is 1.61 bits per heavy atom. The van der Waals surface area contributed by atoms with E-state index in [0.717, 1.165) is 11.1 Å². The lowest BCUT2D eigenvalue weighted by Crippen LogP contribution is -2.33. The highest BCUT2D eigenvalue weighted by molar-refractivity contribution is 7.89. The number of sulfonamides is 1. The number of hydrogen-bond acceptors (Lipinski definition) is 3. The molecule has 3 rings (SSSR count). The Hall–Kier alpha value is -2.18. The van der Waals surface area contributed by atoms with Crippen LogP contribution >= 0.6 is 0 Å². The van der Waals surface area contributed by atoms with Crippen molar-refractivity contribution in [1.29, 1.82) is 0 Å². The van der Waals surface area contributed by atoms with Crippen molar-refractivity contribution in [3.05, 3.63) is 59.2 Å². The normalized spacial score (nSPS) is 17.1. The summed E-state index contributed by atoms with van der Waals surface area (Å²) in [6.45, 7) is 9.99. The summed E-state index contributed by atoms with van der Waals surface area (Å²) in [5.41, 5.74) is 3.24. The van der Waals surface area contributed by atoms with Crippen molar-refractivity contribution in [2.24, 2.45) is 0 Å². The third-order valence-electron chi connectivity index (χ3n) is 5.34. The van der Waals surface area contributed by atoms with Crippen molar-refractivity contribution in [1.82, 2.24) is 4.72 Å². The molecule has 5 nitrogen and oxygen atoms in total. The highest BCUT2D eigenvalue weighted by Gasteiger charge is 2.33. The van der Waals surface area contributed by atoms with E-state index in [2.05, 4.69) is 23.9 Å². The van der Waals surface area contributed by atoms with Gasteiger partial charge in [-0.2, -0.15) is 0 Å². The van der Waals surface area contributed by atoms with Gasteiger partial charge in [-0.25, -0.2) is 13.1 Å². The second-order valence-electron chi connectivity index (χ2n) is 8.48. The van der Waals surface area contributed by atoms with Gasteiger partial charge >= 0.3 is 0 Å². The predicted octanol–water partition coefficient (Wildman–Crippen LogP) is 4.47. The van der Waals surface area contributed by atoms with Crippen molar-refractivity contribution in [3.8, 4) is 0 Å². The van der Waals surface area contributed by atoms with Crippen LogP contribution in [0.1, 0.15) is 69.7 Å². The Balaban J connectivity index is 1.86. The van der Waals surface area contributed by atoms with E-state index in [1.807, 2.05) is 45.0 Å². The van der Waals surface area contributed by atoms with Gasteiger partial charge in [-0.15, -0.1) is 0 Å². The number of hydrogen-bond donors (Lipinski definition) is 2. The lowest BCUT2D eigenvalue weighted by atomic mass is 9.78. The Morgan fingerprint density at radius 1 is 1.00 bits per heavy atom. The SMILES string of the molecule is CC(C)c1ccc(C(C)NS(=O)(=O)c2ccc3c(c2)C(C)(C)CC(=O)N3)cc1. The molecule has 1 aliphatic heterocycles. The molecule has 0 spiro atoms. The van der Waals surface area contributed by atoms with E-state index >= 15 is 0 Å². The van der Waals surface area contributed by atoms with Crippen LogP contribution in [0, 0.1) is 0 Å². The van der Waals surface area contributed by atoms with E-state index in [1.165, 1.54) is 11.6 Å². The van der Waals surface area contributed by atoms with Gasteiger partial charge in [0.05, 0.1) is 4.90 Å². The molecule has 150 valence electrons. The van der Waals surface area contributed by atoms with Crippen LogP contribution in [0.25, 0.3) is 0 Å². The summed E-state index contributed by atoms with van der Waals surface area (Å²) in [6, 6.07) is 12.5. The second-order valence-corrected chi connectivity index (χ2v) is 10.2. The van der Waals surface area contributed by atoms with E-state index < -0.39 is 15.4 Å². The molecule has 28 heavy (non-hydrogen) atoms. The lowest BCUT2D eigenvalue weighted by Gasteiger charge is -2.32. The maximum Gasteiger partial charge on any atom is 0.241 e. The number of carbonyl (C=O) groups is 1. The second kappa shape index (κ2) is 7.33. The van der Waals surface area contributed by atoms with E-state index in [-0.39, 0.29) is 16.8 Å². The molecule has 0 radical (unpaired) electrons. The predicted molar refractivity (Wildman–Crippen MR) is 112 cm³/mol. The fourth-order valence-corrected chi connectivity index (χ4v) is 4.85. The van der Waals surface area contributed by atoms with Gasteiger partial charge in [0, 0.05) is 23.6 Å². The smallest absolute Gasteiger partial charge is 0.241 e. The minimum atomic E-state index is -3.69. The topological polar surface area (TPSA) is 75.3 Å². The minimum Gasteiger partial charge on any atom is -0.326 e. The molecule has 6 heteroatoms. The molecular formula is C22H28N2O3S. The molecule has 2 N–H and O–H groups in total. The average Bonchev–Trinajstić information content (AvgIpc) is 2.60. The molecule has 1 aliphatic rings. The maximum atomic E-state index is 13.0. The van der Waals surface area contributed by atoms with Crippen LogP contribution in [0.15, 0.2) is 47.4 Å². The number of benzene rings is 2. The molecule has 0 aliphatic carbocycles. The van der Waals surface area contributed by atoms with Crippen LogP contribution in [-0.4, -0.2) is 14.3 Å². The first kappa shape index (κ1) is 20.6. The van der Waals surface area contributed by atoms with Crippen molar-refractivity contribution in [3.63, 3.8) is 0 Å². The quantitative estimate of drug-likeness (QED) is 0.777. The van der Waals surface area contributed by atoms with Crippen molar-refractivity contribution in [2.45, 2.75) is 63.3 Å². The molecule has 1 heterocycles. The third-order valence-corrected chi connectivity index (χ3v) is 6.88. The first-order valence-electron chi connectivity index (χ1n) is 9.56. The maximum absolute atomic E-state index is 13.0. The van der Waals surface area contributed by atoms with Crippen LogP contribution in [0.4, 0.5) is 5.69 Å². The summed E-state index contributed by atoms with van der Waals surface area (Å²) in [7, 11) is -3.69. The zero-order valence-electron chi connectivity index (χ0n) is 17.0. The highest BCUT2D eigenvalue weighted by atomic mass is 32.2. The fourth-order valence-electron chi connectivity index (χ4n) is 3.59. The summed E-state index contributed by atoms with van der Waals surface area (Å²) in [6.07, 6.45) is 0.329. The molecule has 2 aromatic rings. The molecule has 1 atom stereocenters. The van der Waals surface area contributed by atoms with Crippen LogP contribution < -0.4 is 10.0 Å². The molecule has 0 fully saturated rings. The number of anilines is 1. The summed E-state index contributed by atoms with van der Waals surface area (Å²) in [5, 5.41) is 2.82. The van der Waals surface area contributed by atoms with E-state index in [1.54, 1.807) is 12.1 Å². The van der Waals surface area contributed by atoms with Crippen molar-refractivity contribution in [2.75, 3.05) is 5.32 Å². The summed E-state index contributed by atoms with van der Waals surface area (Å²) in [5.74, 6) is 0.380. The van der Waals surface area contributed by atoms with Crippen molar-refractivity contribution >= 4 is 21.6 Å². The lowest BCUT2D eigenvalue weighted by molar-refractivity contribution is -0.117. The van der Waals surface area contributed by atoms with Gasteiger partial charge in [-0.3, -0.25) is 4.79 Å². The molecule has 0 aromatic heterocycles. The molecule has 0 bridgehead atoms. The summed E-state index contributed by atoms with van der Waals surface area (Å²) < 4.78 is 28.7. The van der Waals surface area contributed by atoms with Crippen LogP contribution in [0.3, 0.4) is 0 Å². The van der Waals surface area contributed by atoms with E-state index in [9.17, 15) is 13.2 Å². The van der Waals surface area contributed by atoms with E-state index in [0.29, 0.717) is 18.0 Å². The Labute approximate surface area is 167 Å². The van der Waals surface area contributed by atoms with Crippen LogP contribution in [0.5, 0.6) is 0 Å². The number of nitrogens with one attached hydrogen (secondary N) is 2. The van der Waals surface area contributed by atoms with E-state index in [4.69, 9.17) is 0 Å². The zero-order chi connectivity index (χ0) is 20.7. The van der Waals surface area contributed by atoms with Gasteiger partial charge in [0.25, 0.3) is 0 Å². The number of carbonyl (C=O) groups excluding carboxylic acids is 1. The van der Waals surface area contributed by atoms with Gasteiger partial charge in [0.1, 0.15) is 0 Å². The van der Waals surface area contributed by atoms with Crippen LogP contribution in [0.2, 0.25) is 0 Å². The van der Waals surface area contributed by atoms with Gasteiger partial charge < -0.3 is 5.32 Å². The molecule has 0 saturated heterocycles. The largest absolute Gasteiger partial charge is 0.326 e. The standard InChI is InChI=1S/C22H28N2O3S/c1-14(2)16-6-8-17(9-7-16)15(3)24-28(26,27)18-10-11-20-19(12-18)22(4,5)13-21(25)23-20/h6-12,14-15,24H,13H2,1-5H3,(H,23,25). The first-order chi connectivity index (χ1) is 13.0. The molecule has 2 aromatic carbocycles. The van der Waals surface area contributed by atoms with Gasteiger partial charge in [0.15, 0.2) is 0 Å². The fraction of sp³-hybridized carbons (Fsp3) is 0.409. The monoisotopic (exact) mass is 400 g/mol. The zero-order valence-corrected chi connectivity index (χ0v) is 17.9. The molecular weight excluding hydrogens is 372 g/mol. The minimum absolute atomic E-state index is 0.0512. The van der Waals surface area contributed by atoms with Gasteiger partial charge in [0.2, 0.25) is 15.9 Å². The number of amides is 1. The Bertz CT molecular complexity index is 993. The van der Waals surface area contributed by atoms with Gasteiger partial charge in [-0.05, 0) is 47.7 Å². The average molecular weight is 401 g/mol. The first-order valence-corrected chi connectivity index (χ1v) is 11.0. The highest BCUT2D eigenvalue weighted by Crippen LogP contribution is 2.38. The molecule has 1 amide bonds. The number of rotatable bonds is 5. The third kappa shape index (κ3) is 4.13. The molecule has 0 saturated carbocycles. The van der Waals surface area contributed by atoms with Crippen molar-refractivity contribution < 1.29 is 13.2 Å². The summed E-state index contributed by atoms with van der Waals surface area (Å²) >= 11 is 0. The van der Waals surface area contributed by atoms with Gasteiger partial charge in [-0.1, -0.05) is 52.0 Å². The Morgan fingerprint density at radius 3 is 2.21 bits per heavy atom. The van der Waals surface area contributed by atoms with Crippen LogP contribution in [-0.2, 0) is 20.2 Å². The number of fused-ring (bicyclic) bond motifs is 1. The summed E-state index contributed by atoms with van der Waals surface area (Å²) in [4.78, 5) is 12.1. The molecule has 1 unspecified atom stereocenters.